The van der Waals surface area contributed by atoms with Crippen molar-refractivity contribution in [2.24, 2.45) is 0 Å². The van der Waals surface area contributed by atoms with Crippen molar-refractivity contribution < 1.29 is 9.53 Å². The smallest absolute Gasteiger partial charge is 0.330 e. The van der Waals surface area contributed by atoms with E-state index in [-0.39, 0.29) is 5.97 Å². The molecule has 0 atom stereocenters. The number of rotatable bonds is 7. The van der Waals surface area contributed by atoms with Crippen LogP contribution in [-0.4, -0.2) is 34.2 Å². The molecule has 0 aliphatic heterocycles. The highest BCUT2D eigenvalue weighted by atomic mass is 16.5. The van der Waals surface area contributed by atoms with Crippen LogP contribution in [0.5, 0.6) is 0 Å². The molecule has 0 unspecified atom stereocenters. The summed E-state index contributed by atoms with van der Waals surface area (Å²) in [5.41, 5.74) is 6.90. The second-order valence-corrected chi connectivity index (χ2v) is 7.45. The average molecular weight is 401 g/mol. The second kappa shape index (κ2) is 9.79. The molecule has 0 aliphatic rings. The number of nitrogens with zero attached hydrogens (tertiary/aromatic N) is 2. The molecule has 0 heterocycles. The Kier molecular flexibility index (Phi) is 6.91. The predicted octanol–water partition coefficient (Wildman–Crippen LogP) is 5.24. The number of hydrogen-bond donors (Lipinski definition) is 0. The van der Waals surface area contributed by atoms with E-state index in [9.17, 15) is 4.79 Å². The third-order valence-electron chi connectivity index (χ3n) is 5.01. The molecule has 30 heavy (non-hydrogen) atoms. The molecule has 3 aromatic rings. The SMILES string of the molecule is COC(=O)/C=C/c1cccc(N(C)Cc2ccc(-c3ccc(N(C)C)cc3)cc2)c1. The van der Waals surface area contributed by atoms with Gasteiger partial charge in [-0.1, -0.05) is 48.5 Å². The maximum atomic E-state index is 11.3. The largest absolute Gasteiger partial charge is 0.466 e. The molecule has 0 bridgehead atoms. The lowest BCUT2D eigenvalue weighted by Crippen LogP contribution is -2.16. The molecule has 0 amide bonds. The molecule has 3 rings (SSSR count). The Morgan fingerprint density at radius 3 is 2.10 bits per heavy atom. The summed E-state index contributed by atoms with van der Waals surface area (Å²) in [4.78, 5) is 15.6. The van der Waals surface area contributed by atoms with Crippen LogP contribution in [0, 0.1) is 0 Å². The van der Waals surface area contributed by atoms with Gasteiger partial charge in [-0.25, -0.2) is 4.79 Å². The van der Waals surface area contributed by atoms with Crippen molar-refractivity contribution in [3.8, 4) is 11.1 Å². The van der Waals surface area contributed by atoms with Gasteiger partial charge < -0.3 is 14.5 Å². The molecule has 4 nitrogen and oxygen atoms in total. The Hall–Kier alpha value is -3.53. The van der Waals surface area contributed by atoms with Crippen LogP contribution in [-0.2, 0) is 16.1 Å². The summed E-state index contributed by atoms with van der Waals surface area (Å²) in [6, 6.07) is 25.4. The van der Waals surface area contributed by atoms with E-state index >= 15 is 0 Å². The molecule has 0 saturated carbocycles. The molecule has 154 valence electrons. The predicted molar refractivity (Wildman–Crippen MR) is 126 cm³/mol. The summed E-state index contributed by atoms with van der Waals surface area (Å²) in [6.07, 6.45) is 3.20. The standard InChI is InChI=1S/C26H28N2O2/c1-27(2)24-15-13-23(14-16-24)22-11-8-21(9-12-22)19-28(3)25-7-5-6-20(18-25)10-17-26(29)30-4/h5-18H,19H2,1-4H3/b17-10+. The fraction of sp³-hybridized carbons (Fsp3) is 0.192. The van der Waals surface area contributed by atoms with Gasteiger partial charge in [0.25, 0.3) is 0 Å². The van der Waals surface area contributed by atoms with Crippen LogP contribution in [0.1, 0.15) is 11.1 Å². The third-order valence-corrected chi connectivity index (χ3v) is 5.01. The quantitative estimate of drug-likeness (QED) is 0.401. The molecule has 3 aromatic carbocycles. The highest BCUT2D eigenvalue weighted by Gasteiger charge is 2.05. The van der Waals surface area contributed by atoms with Crippen molar-refractivity contribution in [3.63, 3.8) is 0 Å². The van der Waals surface area contributed by atoms with E-state index in [2.05, 4.69) is 82.2 Å². The lowest BCUT2D eigenvalue weighted by molar-refractivity contribution is -0.134. The summed E-state index contributed by atoms with van der Waals surface area (Å²) < 4.78 is 4.65. The highest BCUT2D eigenvalue weighted by Crippen LogP contribution is 2.24. The minimum atomic E-state index is -0.356. The summed E-state index contributed by atoms with van der Waals surface area (Å²) in [6.45, 7) is 0.796. The molecular weight excluding hydrogens is 372 g/mol. The maximum absolute atomic E-state index is 11.3. The van der Waals surface area contributed by atoms with Gasteiger partial charge in [-0.3, -0.25) is 0 Å². The van der Waals surface area contributed by atoms with Crippen LogP contribution in [0.25, 0.3) is 17.2 Å². The van der Waals surface area contributed by atoms with Crippen molar-refractivity contribution in [2.75, 3.05) is 38.1 Å². The van der Waals surface area contributed by atoms with Gasteiger partial charge in [-0.15, -0.1) is 0 Å². The second-order valence-electron chi connectivity index (χ2n) is 7.45. The molecule has 0 saturated heterocycles. The topological polar surface area (TPSA) is 32.8 Å². The zero-order chi connectivity index (χ0) is 21.5. The van der Waals surface area contributed by atoms with Crippen molar-refractivity contribution in [1.82, 2.24) is 0 Å². The van der Waals surface area contributed by atoms with Gasteiger partial charge >= 0.3 is 5.97 Å². The molecule has 0 fully saturated rings. The Bertz CT molecular complexity index is 1010. The number of ether oxygens (including phenoxy) is 1. The normalized spacial score (nSPS) is 10.8. The van der Waals surface area contributed by atoms with Gasteiger partial charge in [0.15, 0.2) is 0 Å². The van der Waals surface area contributed by atoms with Crippen LogP contribution in [0.15, 0.2) is 78.9 Å². The maximum Gasteiger partial charge on any atom is 0.330 e. The van der Waals surface area contributed by atoms with Crippen molar-refractivity contribution in [2.45, 2.75) is 6.54 Å². The monoisotopic (exact) mass is 400 g/mol. The summed E-state index contributed by atoms with van der Waals surface area (Å²) in [5.74, 6) is -0.356. The fourth-order valence-electron chi connectivity index (χ4n) is 3.22. The van der Waals surface area contributed by atoms with Gasteiger partial charge in [0.1, 0.15) is 0 Å². The number of benzene rings is 3. The first-order chi connectivity index (χ1) is 14.5. The van der Waals surface area contributed by atoms with Gasteiger partial charge in [0, 0.05) is 45.1 Å². The molecule has 0 N–H and O–H groups in total. The van der Waals surface area contributed by atoms with E-state index in [1.807, 2.05) is 26.2 Å². The summed E-state index contributed by atoms with van der Waals surface area (Å²) in [7, 11) is 7.54. The lowest BCUT2D eigenvalue weighted by atomic mass is 10.0. The minimum absolute atomic E-state index is 0.356. The van der Waals surface area contributed by atoms with Crippen LogP contribution in [0.3, 0.4) is 0 Å². The lowest BCUT2D eigenvalue weighted by Gasteiger charge is -2.20. The van der Waals surface area contributed by atoms with Crippen LogP contribution < -0.4 is 9.80 Å². The van der Waals surface area contributed by atoms with E-state index in [0.29, 0.717) is 0 Å². The first-order valence-electron chi connectivity index (χ1n) is 9.90. The van der Waals surface area contributed by atoms with Crippen molar-refractivity contribution >= 4 is 23.4 Å². The third kappa shape index (κ3) is 5.51. The number of hydrogen-bond acceptors (Lipinski definition) is 4. The van der Waals surface area contributed by atoms with E-state index in [1.165, 1.54) is 35.6 Å². The Balaban J connectivity index is 1.68. The van der Waals surface area contributed by atoms with Crippen LogP contribution in [0.4, 0.5) is 11.4 Å². The highest BCUT2D eigenvalue weighted by molar-refractivity contribution is 5.87. The Labute approximate surface area is 179 Å². The summed E-state index contributed by atoms with van der Waals surface area (Å²) in [5, 5.41) is 0. The van der Waals surface area contributed by atoms with E-state index in [4.69, 9.17) is 0 Å². The minimum Gasteiger partial charge on any atom is -0.466 e. The van der Waals surface area contributed by atoms with Gasteiger partial charge in [-0.2, -0.15) is 0 Å². The number of carbonyl (C=O) groups excluding carboxylic acids is 1. The molecular formula is C26H28N2O2. The molecule has 0 aliphatic carbocycles. The van der Waals surface area contributed by atoms with Crippen LogP contribution in [0.2, 0.25) is 0 Å². The van der Waals surface area contributed by atoms with Crippen molar-refractivity contribution in [1.29, 1.82) is 0 Å². The Morgan fingerprint density at radius 2 is 1.50 bits per heavy atom. The Morgan fingerprint density at radius 1 is 0.867 bits per heavy atom. The van der Waals surface area contributed by atoms with Crippen molar-refractivity contribution in [3.05, 3.63) is 90.0 Å². The summed E-state index contributed by atoms with van der Waals surface area (Å²) >= 11 is 0. The van der Waals surface area contributed by atoms with E-state index < -0.39 is 0 Å². The average Bonchev–Trinajstić information content (AvgIpc) is 2.78. The number of methoxy groups -OCH3 is 1. The molecule has 0 spiro atoms. The molecule has 4 heteroatoms. The first kappa shape index (κ1) is 21.2. The fourth-order valence-corrected chi connectivity index (χ4v) is 3.22. The first-order valence-corrected chi connectivity index (χ1v) is 9.90. The zero-order valence-corrected chi connectivity index (χ0v) is 18.0. The number of anilines is 2. The van der Waals surface area contributed by atoms with Gasteiger partial charge in [-0.05, 0) is 52.6 Å². The molecule has 0 radical (unpaired) electrons. The van der Waals surface area contributed by atoms with Crippen LogP contribution >= 0.6 is 0 Å². The molecule has 0 aromatic heterocycles. The van der Waals surface area contributed by atoms with Gasteiger partial charge in [0.2, 0.25) is 0 Å². The number of carbonyl (C=O) groups is 1. The van der Waals surface area contributed by atoms with Gasteiger partial charge in [0.05, 0.1) is 7.11 Å². The zero-order valence-electron chi connectivity index (χ0n) is 18.0. The van der Waals surface area contributed by atoms with E-state index in [1.54, 1.807) is 6.08 Å². The number of esters is 1. The van der Waals surface area contributed by atoms with E-state index in [0.717, 1.165) is 17.8 Å².